The van der Waals surface area contributed by atoms with E-state index in [2.05, 4.69) is 10.2 Å². The van der Waals surface area contributed by atoms with Crippen LogP contribution in [0.1, 0.15) is 6.92 Å². The van der Waals surface area contributed by atoms with Gasteiger partial charge in [0.15, 0.2) is 16.7 Å². The van der Waals surface area contributed by atoms with E-state index in [1.165, 1.54) is 23.9 Å². The molecule has 25 heavy (non-hydrogen) atoms. The fourth-order valence-electron chi connectivity index (χ4n) is 2.14. The Morgan fingerprint density at radius 1 is 1.20 bits per heavy atom. The van der Waals surface area contributed by atoms with Crippen LogP contribution in [0.15, 0.2) is 62.0 Å². The van der Waals surface area contributed by atoms with Crippen molar-refractivity contribution in [3.05, 3.63) is 42.7 Å². The summed E-state index contributed by atoms with van der Waals surface area (Å²) in [5.74, 6) is -2.28. The molecule has 0 unspecified atom stereocenters. The molecule has 0 spiro atoms. The van der Waals surface area contributed by atoms with Crippen molar-refractivity contribution in [3.63, 3.8) is 0 Å². The summed E-state index contributed by atoms with van der Waals surface area (Å²) in [6.07, 6.45) is 1.54. The number of aromatic nitrogens is 3. The predicted molar refractivity (Wildman–Crippen MR) is 87.2 cm³/mol. The summed E-state index contributed by atoms with van der Waals surface area (Å²) in [5.41, 5.74) is 0. The fourth-order valence-corrected chi connectivity index (χ4v) is 3.75. The summed E-state index contributed by atoms with van der Waals surface area (Å²) < 4.78 is 55.2. The molecule has 3 rings (SSSR count). The third-order valence-electron chi connectivity index (χ3n) is 3.37. The first-order chi connectivity index (χ1) is 11.9. The molecule has 0 amide bonds. The highest BCUT2D eigenvalue weighted by Crippen LogP contribution is 2.31. The highest BCUT2D eigenvalue weighted by atomic mass is 32.2. The van der Waals surface area contributed by atoms with Gasteiger partial charge in [0.2, 0.25) is 9.84 Å². The van der Waals surface area contributed by atoms with Crippen LogP contribution in [0.4, 0.5) is 8.78 Å². The van der Waals surface area contributed by atoms with Crippen molar-refractivity contribution in [2.45, 2.75) is 34.2 Å². The average molecular weight is 385 g/mol. The predicted octanol–water partition coefficient (Wildman–Crippen LogP) is 3.71. The van der Waals surface area contributed by atoms with Gasteiger partial charge in [-0.25, -0.2) is 8.42 Å². The van der Waals surface area contributed by atoms with E-state index in [4.69, 9.17) is 4.42 Å². The summed E-state index contributed by atoms with van der Waals surface area (Å²) in [7, 11) is -4.59. The van der Waals surface area contributed by atoms with Crippen LogP contribution >= 0.6 is 11.8 Å². The number of hydrogen-bond acceptors (Lipinski definition) is 6. The van der Waals surface area contributed by atoms with Gasteiger partial charge in [-0.1, -0.05) is 0 Å². The Balaban J connectivity index is 1.86. The smallest absolute Gasteiger partial charge is 0.341 e. The van der Waals surface area contributed by atoms with E-state index in [1.807, 2.05) is 11.5 Å². The number of rotatable bonds is 6. The quantitative estimate of drug-likeness (QED) is 0.644. The zero-order chi connectivity index (χ0) is 18.0. The van der Waals surface area contributed by atoms with Crippen molar-refractivity contribution in [2.75, 3.05) is 0 Å². The molecular formula is C15H13F2N3O3S2. The Labute approximate surface area is 146 Å². The second-order valence-electron chi connectivity index (χ2n) is 4.91. The molecule has 0 bridgehead atoms. The van der Waals surface area contributed by atoms with E-state index in [0.29, 0.717) is 28.2 Å². The molecule has 0 saturated carbocycles. The van der Waals surface area contributed by atoms with Gasteiger partial charge in [-0.15, -0.1) is 10.2 Å². The fraction of sp³-hybridized carbons (Fsp3) is 0.200. The van der Waals surface area contributed by atoms with Gasteiger partial charge in [0.1, 0.15) is 0 Å². The normalized spacial score (nSPS) is 12.0. The van der Waals surface area contributed by atoms with Crippen LogP contribution in [-0.2, 0) is 16.4 Å². The molecule has 0 saturated heterocycles. The lowest BCUT2D eigenvalue weighted by Crippen LogP contribution is -2.11. The van der Waals surface area contributed by atoms with E-state index in [0.717, 1.165) is 12.1 Å². The minimum Gasteiger partial charge on any atom is -0.461 e. The molecule has 2 heterocycles. The van der Waals surface area contributed by atoms with E-state index in [9.17, 15) is 17.2 Å². The van der Waals surface area contributed by atoms with Gasteiger partial charge in [0.05, 0.1) is 11.2 Å². The van der Waals surface area contributed by atoms with Gasteiger partial charge in [-0.3, -0.25) is 4.57 Å². The number of halogens is 2. The zero-order valence-corrected chi connectivity index (χ0v) is 14.6. The second kappa shape index (κ2) is 6.96. The number of hydrogen-bond donors (Lipinski definition) is 0. The Bertz CT molecular complexity index is 953. The molecule has 6 nitrogen and oxygen atoms in total. The first-order valence-electron chi connectivity index (χ1n) is 7.20. The molecule has 132 valence electrons. The van der Waals surface area contributed by atoms with Gasteiger partial charge >= 0.3 is 5.76 Å². The molecule has 0 aliphatic heterocycles. The van der Waals surface area contributed by atoms with Crippen LogP contribution in [0, 0.1) is 0 Å². The summed E-state index contributed by atoms with van der Waals surface area (Å²) in [4.78, 5) is 0.237. The van der Waals surface area contributed by atoms with Crippen molar-refractivity contribution >= 4 is 21.6 Å². The summed E-state index contributed by atoms with van der Waals surface area (Å²) in [6.45, 7) is 2.53. The molecule has 10 heteroatoms. The van der Waals surface area contributed by atoms with Crippen LogP contribution in [0.5, 0.6) is 0 Å². The maximum atomic E-state index is 12.6. The molecule has 0 N–H and O–H groups in total. The molecule has 1 aromatic carbocycles. The number of sulfone groups is 1. The molecule has 0 radical (unpaired) electrons. The van der Waals surface area contributed by atoms with Gasteiger partial charge in [-0.2, -0.15) is 8.78 Å². The van der Waals surface area contributed by atoms with E-state index < -0.39 is 20.5 Å². The molecule has 0 aliphatic rings. The van der Waals surface area contributed by atoms with Gasteiger partial charge in [0.25, 0.3) is 0 Å². The number of nitrogens with zero attached hydrogens (tertiary/aromatic N) is 3. The second-order valence-corrected chi connectivity index (χ2v) is 7.87. The number of furan rings is 1. The van der Waals surface area contributed by atoms with E-state index in [1.54, 1.807) is 18.4 Å². The standard InChI is InChI=1S/C15H13F2N3O3S2/c1-2-20-13(12-4-3-9-23-12)18-19-15(20)24-10-5-7-11(8-6-10)25(21,22)14(16)17/h3-9,14H,2H2,1H3. The Kier molecular flexibility index (Phi) is 4.91. The molecule has 0 atom stereocenters. The Morgan fingerprint density at radius 2 is 1.92 bits per heavy atom. The molecule has 0 fully saturated rings. The highest BCUT2D eigenvalue weighted by Gasteiger charge is 2.26. The van der Waals surface area contributed by atoms with Crippen molar-refractivity contribution in [1.29, 1.82) is 0 Å². The monoisotopic (exact) mass is 385 g/mol. The van der Waals surface area contributed by atoms with Crippen molar-refractivity contribution in [3.8, 4) is 11.6 Å². The molecular weight excluding hydrogens is 372 g/mol. The summed E-state index contributed by atoms with van der Waals surface area (Å²) >= 11 is 1.25. The first kappa shape index (κ1) is 17.6. The van der Waals surface area contributed by atoms with Gasteiger partial charge in [0, 0.05) is 11.4 Å². The lowest BCUT2D eigenvalue weighted by Gasteiger charge is -2.07. The third kappa shape index (κ3) is 3.45. The number of benzene rings is 1. The minimum atomic E-state index is -4.59. The molecule has 0 aliphatic carbocycles. The largest absolute Gasteiger partial charge is 0.461 e. The van der Waals surface area contributed by atoms with Crippen molar-refractivity contribution < 1.29 is 21.6 Å². The van der Waals surface area contributed by atoms with Crippen molar-refractivity contribution in [1.82, 2.24) is 14.8 Å². The van der Waals surface area contributed by atoms with Crippen LogP contribution in [0.25, 0.3) is 11.6 Å². The van der Waals surface area contributed by atoms with Crippen LogP contribution in [0.2, 0.25) is 0 Å². The summed E-state index contributed by atoms with van der Waals surface area (Å²) in [6, 6.07) is 8.75. The summed E-state index contributed by atoms with van der Waals surface area (Å²) in [5, 5.41) is 8.81. The SMILES string of the molecule is CCn1c(Sc2ccc(S(=O)(=O)C(F)F)cc2)nnc1-c1ccco1. The van der Waals surface area contributed by atoms with Crippen LogP contribution in [-0.4, -0.2) is 28.9 Å². The van der Waals surface area contributed by atoms with Gasteiger partial charge in [-0.05, 0) is 55.1 Å². The zero-order valence-electron chi connectivity index (χ0n) is 13.0. The maximum Gasteiger partial charge on any atom is 0.341 e. The Hall–Kier alpha value is -2.20. The van der Waals surface area contributed by atoms with Crippen molar-refractivity contribution in [2.24, 2.45) is 0 Å². The maximum absolute atomic E-state index is 12.6. The lowest BCUT2D eigenvalue weighted by atomic mass is 10.4. The molecule has 2 aromatic heterocycles. The Morgan fingerprint density at radius 3 is 2.48 bits per heavy atom. The highest BCUT2D eigenvalue weighted by molar-refractivity contribution is 7.99. The minimum absolute atomic E-state index is 0.417. The van der Waals surface area contributed by atoms with E-state index in [-0.39, 0.29) is 0 Å². The lowest BCUT2D eigenvalue weighted by molar-refractivity contribution is 0.234. The van der Waals surface area contributed by atoms with Crippen LogP contribution in [0.3, 0.4) is 0 Å². The van der Waals surface area contributed by atoms with E-state index >= 15 is 0 Å². The topological polar surface area (TPSA) is 78.0 Å². The average Bonchev–Trinajstić information content (AvgIpc) is 3.24. The molecule has 3 aromatic rings. The van der Waals surface area contributed by atoms with Crippen LogP contribution < -0.4 is 0 Å². The van der Waals surface area contributed by atoms with Gasteiger partial charge < -0.3 is 4.42 Å². The number of alkyl halides is 2. The first-order valence-corrected chi connectivity index (χ1v) is 9.56. The third-order valence-corrected chi connectivity index (χ3v) is 5.76.